The number of methoxy groups -OCH3 is 1. The summed E-state index contributed by atoms with van der Waals surface area (Å²) in [5.41, 5.74) is 0.812. The zero-order valence-corrected chi connectivity index (χ0v) is 10.9. The summed E-state index contributed by atoms with van der Waals surface area (Å²) in [6, 6.07) is 1.83. The molecule has 2 heterocycles. The predicted octanol–water partition coefficient (Wildman–Crippen LogP) is 0.0445. The van der Waals surface area contributed by atoms with E-state index < -0.39 is 0 Å². The van der Waals surface area contributed by atoms with E-state index in [1.165, 1.54) is 0 Å². The molecule has 1 amide bonds. The van der Waals surface area contributed by atoms with Gasteiger partial charge in [0, 0.05) is 19.7 Å². The van der Waals surface area contributed by atoms with Crippen molar-refractivity contribution in [3.8, 4) is 5.88 Å². The van der Waals surface area contributed by atoms with Crippen molar-refractivity contribution in [3.63, 3.8) is 0 Å². The average Bonchev–Trinajstić information content (AvgIpc) is 2.77. The first-order valence-corrected chi connectivity index (χ1v) is 6.26. The number of aromatic nitrogens is 2. The summed E-state index contributed by atoms with van der Waals surface area (Å²) in [4.78, 5) is 11.9. The highest BCUT2D eigenvalue weighted by Gasteiger charge is 2.20. The van der Waals surface area contributed by atoms with Crippen LogP contribution in [0.2, 0.25) is 0 Å². The van der Waals surface area contributed by atoms with Gasteiger partial charge in [0.1, 0.15) is 0 Å². The number of hydrogen-bond acceptors (Lipinski definition) is 4. The fraction of sp³-hybridized carbons (Fsp3) is 0.667. The molecule has 0 radical (unpaired) electrons. The molecule has 1 fully saturated rings. The van der Waals surface area contributed by atoms with Crippen molar-refractivity contribution in [2.24, 2.45) is 13.0 Å². The Labute approximate surface area is 107 Å². The number of aryl methyl sites for hydroxylation is 1. The van der Waals surface area contributed by atoms with Gasteiger partial charge in [-0.25, -0.2) is 4.68 Å². The minimum absolute atomic E-state index is 0.0874. The van der Waals surface area contributed by atoms with Crippen LogP contribution in [-0.4, -0.2) is 35.9 Å². The third kappa shape index (κ3) is 3.01. The number of nitrogens with zero attached hydrogens (tertiary/aromatic N) is 2. The molecule has 1 aromatic rings. The number of carbonyl (C=O) groups excluding carboxylic acids is 1. The Morgan fingerprint density at radius 3 is 3.17 bits per heavy atom. The zero-order valence-electron chi connectivity index (χ0n) is 10.9. The maximum atomic E-state index is 11.9. The van der Waals surface area contributed by atoms with Crippen molar-refractivity contribution in [3.05, 3.63) is 11.8 Å². The molecular formula is C12H20N4O2. The number of hydrogen-bond donors (Lipinski definition) is 2. The van der Waals surface area contributed by atoms with Crippen LogP contribution in [0.15, 0.2) is 6.07 Å². The molecule has 2 N–H and O–H groups in total. The van der Waals surface area contributed by atoms with Crippen LogP contribution in [0, 0.1) is 5.92 Å². The predicted molar refractivity (Wildman–Crippen MR) is 67.2 cm³/mol. The first-order valence-electron chi connectivity index (χ1n) is 6.26. The quantitative estimate of drug-likeness (QED) is 0.794. The highest BCUT2D eigenvalue weighted by Crippen LogP contribution is 2.12. The van der Waals surface area contributed by atoms with E-state index in [9.17, 15) is 4.79 Å². The Hall–Kier alpha value is -1.56. The van der Waals surface area contributed by atoms with Crippen LogP contribution in [0.1, 0.15) is 18.5 Å². The Balaban J connectivity index is 1.84. The van der Waals surface area contributed by atoms with Gasteiger partial charge in [0.15, 0.2) is 0 Å². The molecule has 6 heteroatoms. The van der Waals surface area contributed by atoms with E-state index in [0.717, 1.165) is 31.6 Å². The largest absolute Gasteiger partial charge is 0.481 e. The van der Waals surface area contributed by atoms with Crippen molar-refractivity contribution in [1.82, 2.24) is 20.4 Å². The second kappa shape index (κ2) is 5.86. The summed E-state index contributed by atoms with van der Waals surface area (Å²) in [6.07, 6.45) is 2.03. The normalized spacial score (nSPS) is 19.6. The number of nitrogens with one attached hydrogen (secondary N) is 2. The topological polar surface area (TPSA) is 68.2 Å². The molecule has 1 aromatic heterocycles. The van der Waals surface area contributed by atoms with Gasteiger partial charge >= 0.3 is 0 Å². The lowest BCUT2D eigenvalue weighted by Crippen LogP contribution is -2.40. The Morgan fingerprint density at radius 1 is 1.72 bits per heavy atom. The molecule has 0 aromatic carbocycles. The number of carbonyl (C=O) groups is 1. The lowest BCUT2D eigenvalue weighted by Gasteiger charge is -2.21. The van der Waals surface area contributed by atoms with E-state index in [1.807, 2.05) is 13.1 Å². The van der Waals surface area contributed by atoms with Gasteiger partial charge in [-0.1, -0.05) is 0 Å². The van der Waals surface area contributed by atoms with E-state index in [0.29, 0.717) is 12.4 Å². The standard InChI is InChI=1S/C12H20N4O2/c1-16-11(18-2)6-10(15-16)8-14-12(17)9-4-3-5-13-7-9/h6,9,13H,3-5,7-8H2,1-2H3,(H,14,17)/t9-/m0/s1. The smallest absolute Gasteiger partial charge is 0.224 e. The number of ether oxygens (including phenoxy) is 1. The molecule has 0 unspecified atom stereocenters. The Bertz CT molecular complexity index is 410. The second-order valence-corrected chi connectivity index (χ2v) is 4.56. The van der Waals surface area contributed by atoms with Crippen LogP contribution in [0.25, 0.3) is 0 Å². The van der Waals surface area contributed by atoms with Gasteiger partial charge in [-0.15, -0.1) is 0 Å². The fourth-order valence-corrected chi connectivity index (χ4v) is 2.18. The summed E-state index contributed by atoms with van der Waals surface area (Å²) >= 11 is 0. The van der Waals surface area contributed by atoms with Crippen molar-refractivity contribution in [2.75, 3.05) is 20.2 Å². The first kappa shape index (κ1) is 12.9. The molecule has 1 aliphatic rings. The van der Waals surface area contributed by atoms with Crippen LogP contribution in [-0.2, 0) is 18.4 Å². The van der Waals surface area contributed by atoms with Crippen molar-refractivity contribution >= 4 is 5.91 Å². The molecule has 0 bridgehead atoms. The monoisotopic (exact) mass is 252 g/mol. The summed E-state index contributed by atoms with van der Waals surface area (Å²) < 4.78 is 6.78. The van der Waals surface area contributed by atoms with Gasteiger partial charge in [0.2, 0.25) is 11.8 Å². The maximum absolute atomic E-state index is 11.9. The molecule has 0 spiro atoms. The third-order valence-corrected chi connectivity index (χ3v) is 3.21. The highest BCUT2D eigenvalue weighted by atomic mass is 16.5. The Morgan fingerprint density at radius 2 is 2.56 bits per heavy atom. The van der Waals surface area contributed by atoms with Gasteiger partial charge in [-0.3, -0.25) is 4.79 Å². The molecule has 1 aliphatic heterocycles. The summed E-state index contributed by atoms with van der Waals surface area (Å²) in [5.74, 6) is 0.884. The summed E-state index contributed by atoms with van der Waals surface area (Å²) in [6.45, 7) is 2.24. The first-order chi connectivity index (χ1) is 8.70. The van der Waals surface area contributed by atoms with Crippen molar-refractivity contribution < 1.29 is 9.53 Å². The minimum Gasteiger partial charge on any atom is -0.481 e. The van der Waals surface area contributed by atoms with E-state index >= 15 is 0 Å². The van der Waals surface area contributed by atoms with Gasteiger partial charge in [-0.2, -0.15) is 5.10 Å². The molecule has 100 valence electrons. The van der Waals surface area contributed by atoms with Gasteiger partial charge in [0.25, 0.3) is 0 Å². The Kier molecular flexibility index (Phi) is 4.19. The van der Waals surface area contributed by atoms with E-state index in [1.54, 1.807) is 11.8 Å². The fourth-order valence-electron chi connectivity index (χ4n) is 2.18. The summed E-state index contributed by atoms with van der Waals surface area (Å²) in [5, 5.41) is 10.4. The van der Waals surface area contributed by atoms with E-state index in [2.05, 4.69) is 15.7 Å². The van der Waals surface area contributed by atoms with Crippen LogP contribution < -0.4 is 15.4 Å². The molecule has 0 aliphatic carbocycles. The zero-order chi connectivity index (χ0) is 13.0. The SMILES string of the molecule is COc1cc(CNC(=O)[C@H]2CCCNC2)nn1C. The van der Waals surface area contributed by atoms with Gasteiger partial charge in [-0.05, 0) is 19.4 Å². The molecule has 2 rings (SSSR count). The van der Waals surface area contributed by atoms with Crippen molar-refractivity contribution in [1.29, 1.82) is 0 Å². The second-order valence-electron chi connectivity index (χ2n) is 4.56. The molecule has 18 heavy (non-hydrogen) atoms. The highest BCUT2D eigenvalue weighted by molar-refractivity contribution is 5.78. The van der Waals surface area contributed by atoms with E-state index in [4.69, 9.17) is 4.74 Å². The third-order valence-electron chi connectivity index (χ3n) is 3.21. The summed E-state index contributed by atoms with van der Waals surface area (Å²) in [7, 11) is 3.42. The average molecular weight is 252 g/mol. The molecule has 0 saturated carbocycles. The lowest BCUT2D eigenvalue weighted by atomic mass is 9.99. The molecule has 6 nitrogen and oxygen atoms in total. The minimum atomic E-state index is 0.0874. The van der Waals surface area contributed by atoms with Crippen LogP contribution in [0.5, 0.6) is 5.88 Å². The van der Waals surface area contributed by atoms with Gasteiger partial charge < -0.3 is 15.4 Å². The van der Waals surface area contributed by atoms with Gasteiger partial charge in [0.05, 0.1) is 25.3 Å². The molecule has 1 saturated heterocycles. The van der Waals surface area contributed by atoms with Crippen molar-refractivity contribution in [2.45, 2.75) is 19.4 Å². The lowest BCUT2D eigenvalue weighted by molar-refractivity contribution is -0.125. The molecule has 1 atom stereocenters. The van der Waals surface area contributed by atoms with E-state index in [-0.39, 0.29) is 11.8 Å². The van der Waals surface area contributed by atoms with Crippen LogP contribution in [0.4, 0.5) is 0 Å². The van der Waals surface area contributed by atoms with Crippen LogP contribution >= 0.6 is 0 Å². The maximum Gasteiger partial charge on any atom is 0.224 e. The number of rotatable bonds is 4. The number of piperidine rings is 1. The number of amides is 1. The van der Waals surface area contributed by atoms with Crippen LogP contribution in [0.3, 0.4) is 0 Å². The molecular weight excluding hydrogens is 232 g/mol.